The first-order valence-electron chi connectivity index (χ1n) is 7.88. The monoisotopic (exact) mass is 353 g/mol. The largest absolute Gasteiger partial charge is 0.377 e. The summed E-state index contributed by atoms with van der Waals surface area (Å²) in [6, 6.07) is 13.2. The smallest absolute Gasteiger partial charge is 0.262 e. The molecule has 0 spiro atoms. The second-order valence-corrected chi connectivity index (χ2v) is 6.38. The van der Waals surface area contributed by atoms with E-state index in [0.29, 0.717) is 22.7 Å². The third-order valence-corrected chi connectivity index (χ3v) is 4.56. The van der Waals surface area contributed by atoms with Gasteiger partial charge in [0.05, 0.1) is 17.4 Å². The van der Waals surface area contributed by atoms with Gasteiger partial charge in [0.15, 0.2) is 5.82 Å². The van der Waals surface area contributed by atoms with Crippen molar-refractivity contribution in [2.24, 2.45) is 7.05 Å². The number of nitrogens with one attached hydrogen (secondary N) is 1. The Labute approximate surface area is 148 Å². The molecule has 0 fully saturated rings. The second-order valence-electron chi connectivity index (χ2n) is 5.95. The molecule has 4 rings (SSSR count). The number of fused-ring (bicyclic) bond motifs is 3. The SMILES string of the molecule is Cc1ccc(Cl)cc1NCc1nnc2n(C)c(=O)c3ccccc3n12. The molecule has 0 bridgehead atoms. The molecule has 0 saturated carbocycles. The predicted molar refractivity (Wildman–Crippen MR) is 99.2 cm³/mol. The fourth-order valence-electron chi connectivity index (χ4n) is 2.97. The quantitative estimate of drug-likeness (QED) is 0.614. The summed E-state index contributed by atoms with van der Waals surface area (Å²) in [6.45, 7) is 2.48. The second kappa shape index (κ2) is 5.89. The van der Waals surface area contributed by atoms with Gasteiger partial charge < -0.3 is 5.32 Å². The molecule has 25 heavy (non-hydrogen) atoms. The number of hydrogen-bond donors (Lipinski definition) is 1. The number of aryl methyl sites for hydroxylation is 2. The summed E-state index contributed by atoms with van der Waals surface area (Å²) in [7, 11) is 1.71. The summed E-state index contributed by atoms with van der Waals surface area (Å²) in [6.07, 6.45) is 0. The van der Waals surface area contributed by atoms with E-state index in [4.69, 9.17) is 11.6 Å². The van der Waals surface area contributed by atoms with Gasteiger partial charge in [-0.05, 0) is 36.8 Å². The van der Waals surface area contributed by atoms with Crippen LogP contribution in [0.2, 0.25) is 5.02 Å². The first-order chi connectivity index (χ1) is 12.1. The minimum absolute atomic E-state index is 0.0827. The number of hydrogen-bond acceptors (Lipinski definition) is 4. The molecule has 7 heteroatoms. The summed E-state index contributed by atoms with van der Waals surface area (Å²) in [5.74, 6) is 1.24. The van der Waals surface area contributed by atoms with Crippen LogP contribution in [0.15, 0.2) is 47.3 Å². The summed E-state index contributed by atoms with van der Waals surface area (Å²) in [5.41, 5.74) is 2.75. The Morgan fingerprint density at radius 2 is 1.96 bits per heavy atom. The molecule has 0 amide bonds. The Hall–Kier alpha value is -2.86. The molecule has 0 unspecified atom stereocenters. The van der Waals surface area contributed by atoms with Crippen molar-refractivity contribution in [3.63, 3.8) is 0 Å². The molecule has 0 aliphatic carbocycles. The van der Waals surface area contributed by atoms with E-state index in [9.17, 15) is 4.79 Å². The summed E-state index contributed by atoms with van der Waals surface area (Å²) in [4.78, 5) is 12.5. The van der Waals surface area contributed by atoms with Crippen LogP contribution >= 0.6 is 11.6 Å². The van der Waals surface area contributed by atoms with Gasteiger partial charge >= 0.3 is 0 Å². The molecule has 2 heterocycles. The molecule has 6 nitrogen and oxygen atoms in total. The summed E-state index contributed by atoms with van der Waals surface area (Å²) >= 11 is 6.08. The van der Waals surface area contributed by atoms with Gasteiger partial charge in [0.1, 0.15) is 0 Å². The van der Waals surface area contributed by atoms with Crippen LogP contribution in [0.5, 0.6) is 0 Å². The molecule has 2 aromatic heterocycles. The highest BCUT2D eigenvalue weighted by Gasteiger charge is 2.14. The van der Waals surface area contributed by atoms with Crippen molar-refractivity contribution in [3.05, 3.63) is 69.2 Å². The standard InChI is InChI=1S/C18H16ClN5O/c1-11-7-8-12(19)9-14(11)20-10-16-21-22-18-23(2)17(25)13-5-3-4-6-15(13)24(16)18/h3-9,20H,10H2,1-2H3. The number of anilines is 1. The molecule has 4 aromatic rings. The van der Waals surface area contributed by atoms with Crippen molar-refractivity contribution in [3.8, 4) is 0 Å². The van der Waals surface area contributed by atoms with E-state index in [2.05, 4.69) is 15.5 Å². The Morgan fingerprint density at radius 1 is 1.16 bits per heavy atom. The summed E-state index contributed by atoms with van der Waals surface area (Å²) in [5, 5.41) is 13.1. The average Bonchev–Trinajstić information content (AvgIpc) is 3.05. The zero-order chi connectivity index (χ0) is 17.6. The van der Waals surface area contributed by atoms with Crippen molar-refractivity contribution in [1.29, 1.82) is 0 Å². The van der Waals surface area contributed by atoms with Crippen molar-refractivity contribution in [2.75, 3.05) is 5.32 Å². The van der Waals surface area contributed by atoms with Gasteiger partial charge in [-0.15, -0.1) is 10.2 Å². The minimum atomic E-state index is -0.0827. The van der Waals surface area contributed by atoms with E-state index >= 15 is 0 Å². The topological polar surface area (TPSA) is 64.2 Å². The zero-order valence-electron chi connectivity index (χ0n) is 13.8. The molecule has 2 aromatic carbocycles. The van der Waals surface area contributed by atoms with Gasteiger partial charge in [0, 0.05) is 17.8 Å². The Morgan fingerprint density at radius 3 is 2.80 bits per heavy atom. The van der Waals surface area contributed by atoms with Crippen LogP contribution in [-0.4, -0.2) is 19.2 Å². The fourth-order valence-corrected chi connectivity index (χ4v) is 3.14. The van der Waals surface area contributed by atoms with Gasteiger partial charge in [-0.25, -0.2) is 0 Å². The van der Waals surface area contributed by atoms with Crippen molar-refractivity contribution in [2.45, 2.75) is 13.5 Å². The van der Waals surface area contributed by atoms with Gasteiger partial charge in [-0.1, -0.05) is 29.8 Å². The van der Waals surface area contributed by atoms with Crippen LogP contribution in [0.3, 0.4) is 0 Å². The maximum absolute atomic E-state index is 12.5. The third-order valence-electron chi connectivity index (χ3n) is 4.33. The first-order valence-corrected chi connectivity index (χ1v) is 8.26. The lowest BCUT2D eigenvalue weighted by atomic mass is 10.2. The number of para-hydroxylation sites is 1. The van der Waals surface area contributed by atoms with Crippen molar-refractivity contribution >= 4 is 34.0 Å². The highest BCUT2D eigenvalue weighted by molar-refractivity contribution is 6.30. The maximum atomic E-state index is 12.5. The molecular formula is C18H16ClN5O. The number of nitrogens with zero attached hydrogens (tertiary/aromatic N) is 4. The highest BCUT2D eigenvalue weighted by Crippen LogP contribution is 2.21. The molecule has 0 radical (unpaired) electrons. The Bertz CT molecular complexity index is 1160. The van der Waals surface area contributed by atoms with Gasteiger partial charge in [-0.2, -0.15) is 0 Å². The molecule has 0 aliphatic heterocycles. The lowest BCUT2D eigenvalue weighted by Gasteiger charge is -2.11. The molecule has 0 aliphatic rings. The van der Waals surface area contributed by atoms with E-state index in [0.717, 1.165) is 22.6 Å². The van der Waals surface area contributed by atoms with Gasteiger partial charge in [0.25, 0.3) is 5.56 Å². The normalized spacial score (nSPS) is 11.3. The lowest BCUT2D eigenvalue weighted by molar-refractivity contribution is 0.855. The average molecular weight is 354 g/mol. The number of halogens is 1. The Kier molecular flexibility index (Phi) is 3.69. The van der Waals surface area contributed by atoms with Gasteiger partial charge in [-0.3, -0.25) is 13.8 Å². The van der Waals surface area contributed by atoms with Crippen LogP contribution in [0.25, 0.3) is 16.7 Å². The lowest BCUT2D eigenvalue weighted by Crippen LogP contribution is -2.20. The maximum Gasteiger partial charge on any atom is 0.262 e. The molecular weight excluding hydrogens is 338 g/mol. The van der Waals surface area contributed by atoms with Crippen LogP contribution in [-0.2, 0) is 13.6 Å². The molecule has 0 saturated heterocycles. The van der Waals surface area contributed by atoms with Crippen LogP contribution in [0.1, 0.15) is 11.4 Å². The minimum Gasteiger partial charge on any atom is -0.377 e. The summed E-state index contributed by atoms with van der Waals surface area (Å²) < 4.78 is 3.42. The van der Waals surface area contributed by atoms with Crippen LogP contribution in [0, 0.1) is 6.92 Å². The van der Waals surface area contributed by atoms with Crippen LogP contribution in [0.4, 0.5) is 5.69 Å². The number of aromatic nitrogens is 4. The Balaban J connectivity index is 1.83. The molecule has 1 N–H and O–H groups in total. The van der Waals surface area contributed by atoms with Gasteiger partial charge in [0.2, 0.25) is 5.78 Å². The van der Waals surface area contributed by atoms with Crippen molar-refractivity contribution < 1.29 is 0 Å². The van der Waals surface area contributed by atoms with E-state index < -0.39 is 0 Å². The molecule has 0 atom stereocenters. The van der Waals surface area contributed by atoms with E-state index in [1.54, 1.807) is 7.05 Å². The van der Waals surface area contributed by atoms with E-state index in [-0.39, 0.29) is 5.56 Å². The number of benzene rings is 2. The van der Waals surface area contributed by atoms with Crippen molar-refractivity contribution in [1.82, 2.24) is 19.2 Å². The molecule has 126 valence electrons. The van der Waals surface area contributed by atoms with E-state index in [1.807, 2.05) is 53.8 Å². The van der Waals surface area contributed by atoms with E-state index in [1.165, 1.54) is 4.57 Å². The highest BCUT2D eigenvalue weighted by atomic mass is 35.5. The van der Waals surface area contributed by atoms with Crippen LogP contribution < -0.4 is 10.9 Å². The third kappa shape index (κ3) is 2.55. The first kappa shape index (κ1) is 15.7. The predicted octanol–water partition coefficient (Wildman–Crippen LogP) is 3.16. The fraction of sp³-hybridized carbons (Fsp3) is 0.167. The zero-order valence-corrected chi connectivity index (χ0v) is 14.6. The number of rotatable bonds is 3.